The molecule has 5 nitrogen and oxygen atoms in total. The Kier molecular flexibility index (Phi) is 1.16. The second-order valence-electron chi connectivity index (χ2n) is 1.33. The van der Waals surface area contributed by atoms with Crippen LogP contribution in [0.2, 0.25) is 0 Å². The van der Waals surface area contributed by atoms with Gasteiger partial charge in [-0.2, -0.15) is 0 Å². The largest absolute Gasteiger partial charge is 0.272 e. The summed E-state index contributed by atoms with van der Waals surface area (Å²) >= 11 is 0. The van der Waals surface area contributed by atoms with Crippen molar-refractivity contribution in [2.45, 2.75) is 0 Å². The lowest BCUT2D eigenvalue weighted by atomic mass is 10.7. The molecule has 0 aliphatic carbocycles. The van der Waals surface area contributed by atoms with Gasteiger partial charge in [-0.15, -0.1) is 0 Å². The smallest absolute Gasteiger partial charge is 0.256 e. The third-order valence-electron chi connectivity index (χ3n) is 0.639. The van der Waals surface area contributed by atoms with Crippen LogP contribution in [-0.2, 0) is 4.79 Å². The lowest BCUT2D eigenvalue weighted by molar-refractivity contribution is -0.117. The minimum atomic E-state index is -3.07. The van der Waals surface area contributed by atoms with E-state index in [0.29, 0.717) is 0 Å². The number of hydrogen-bond donors (Lipinski definition) is 3. The molecule has 1 saturated heterocycles. The van der Waals surface area contributed by atoms with E-state index in [1.807, 2.05) is 4.72 Å². The summed E-state index contributed by atoms with van der Waals surface area (Å²) in [6.07, 6.45) is 0. The molecule has 0 spiro atoms. The van der Waals surface area contributed by atoms with Crippen LogP contribution in [0, 0.1) is 0 Å². The predicted molar refractivity (Wildman–Crippen MR) is 28.0 cm³/mol. The van der Waals surface area contributed by atoms with Gasteiger partial charge in [0.25, 0.3) is 5.91 Å². The Morgan fingerprint density at radius 1 is 1.75 bits per heavy atom. The van der Waals surface area contributed by atoms with Crippen molar-refractivity contribution in [2.24, 2.45) is 0 Å². The van der Waals surface area contributed by atoms with E-state index >= 15 is 0 Å². The van der Waals surface area contributed by atoms with E-state index in [1.54, 1.807) is 0 Å². The Morgan fingerprint density at radius 2 is 2.38 bits per heavy atom. The minimum absolute atomic E-state index is 0.137. The van der Waals surface area contributed by atoms with Crippen LogP contribution >= 0.6 is 11.0 Å². The molecule has 0 aromatic rings. The molecule has 1 radical (unpaired) electrons. The maximum absolute atomic E-state index is 10.2. The monoisotopic (exact) mass is 137 g/mol. The molecule has 1 amide bonds. The SMILES string of the molecule is O=C1C[N]S(O)(O)N1. The second kappa shape index (κ2) is 1.59. The summed E-state index contributed by atoms with van der Waals surface area (Å²) < 4.78 is 22.1. The molecule has 1 aliphatic heterocycles. The maximum Gasteiger partial charge on any atom is 0.256 e. The van der Waals surface area contributed by atoms with Gasteiger partial charge in [-0.3, -0.25) is 13.9 Å². The molecule has 3 N–H and O–H groups in total. The van der Waals surface area contributed by atoms with Gasteiger partial charge in [0.15, 0.2) is 0 Å². The molecule has 1 aliphatic rings. The number of nitrogens with one attached hydrogen (secondary N) is 1. The first-order chi connectivity index (χ1) is 3.60. The molecule has 47 valence electrons. The summed E-state index contributed by atoms with van der Waals surface area (Å²) in [5, 5.41) is 0. The molecule has 0 saturated carbocycles. The van der Waals surface area contributed by atoms with Gasteiger partial charge in [0.05, 0.1) is 0 Å². The van der Waals surface area contributed by atoms with Gasteiger partial charge in [0, 0.05) is 0 Å². The van der Waals surface area contributed by atoms with Crippen LogP contribution in [-0.4, -0.2) is 21.6 Å². The van der Waals surface area contributed by atoms with Crippen molar-refractivity contribution >= 4 is 16.9 Å². The lowest BCUT2D eigenvalue weighted by Gasteiger charge is -2.21. The molecule has 6 heteroatoms. The van der Waals surface area contributed by atoms with E-state index in [4.69, 9.17) is 9.11 Å². The van der Waals surface area contributed by atoms with Crippen LogP contribution in [0.15, 0.2) is 0 Å². The van der Waals surface area contributed by atoms with Gasteiger partial charge >= 0.3 is 0 Å². The van der Waals surface area contributed by atoms with Gasteiger partial charge in [-0.05, 0) is 11.0 Å². The van der Waals surface area contributed by atoms with E-state index in [1.165, 1.54) is 0 Å². The molecular weight excluding hydrogens is 132 g/mol. The lowest BCUT2D eigenvalue weighted by Crippen LogP contribution is -2.18. The van der Waals surface area contributed by atoms with Crippen LogP contribution in [0.5, 0.6) is 0 Å². The third kappa shape index (κ3) is 1.10. The quantitative estimate of drug-likeness (QED) is 0.413. The summed E-state index contributed by atoms with van der Waals surface area (Å²) in [4.78, 5) is 10.2. The first kappa shape index (κ1) is 5.83. The van der Waals surface area contributed by atoms with Crippen LogP contribution < -0.4 is 9.44 Å². The average Bonchev–Trinajstić information content (AvgIpc) is 1.82. The van der Waals surface area contributed by atoms with Crippen molar-refractivity contribution in [3.05, 3.63) is 0 Å². The number of hydrogen-bond acceptors (Lipinski definition) is 3. The molecule has 0 atom stereocenters. The molecule has 1 rings (SSSR count). The van der Waals surface area contributed by atoms with E-state index in [9.17, 15) is 4.79 Å². The molecule has 8 heavy (non-hydrogen) atoms. The summed E-state index contributed by atoms with van der Waals surface area (Å²) in [6, 6.07) is 0. The van der Waals surface area contributed by atoms with Crippen LogP contribution in [0.3, 0.4) is 0 Å². The average molecular weight is 137 g/mol. The molecule has 1 heterocycles. The molecule has 0 unspecified atom stereocenters. The highest BCUT2D eigenvalue weighted by Gasteiger charge is 2.25. The highest BCUT2D eigenvalue weighted by atomic mass is 32.3. The van der Waals surface area contributed by atoms with Gasteiger partial charge in [0.1, 0.15) is 6.54 Å². The van der Waals surface area contributed by atoms with Crippen molar-refractivity contribution in [1.82, 2.24) is 9.44 Å². The fraction of sp³-hybridized carbons (Fsp3) is 0.500. The van der Waals surface area contributed by atoms with Gasteiger partial charge in [-0.25, -0.2) is 4.72 Å². The summed E-state index contributed by atoms with van der Waals surface area (Å²) in [7, 11) is -3.07. The highest BCUT2D eigenvalue weighted by Crippen LogP contribution is 2.32. The third-order valence-corrected chi connectivity index (χ3v) is 1.63. The second-order valence-corrected chi connectivity index (χ2v) is 2.83. The fourth-order valence-corrected chi connectivity index (χ4v) is 1.10. The number of carbonyl (C=O) groups excluding carboxylic acids is 1. The Hall–Kier alpha value is -0.300. The molecule has 0 aromatic carbocycles. The number of amides is 1. The van der Waals surface area contributed by atoms with Gasteiger partial charge in [-0.1, -0.05) is 4.72 Å². The van der Waals surface area contributed by atoms with Crippen LogP contribution in [0.1, 0.15) is 0 Å². The first-order valence-electron chi connectivity index (χ1n) is 1.88. The number of nitrogens with zero attached hydrogens (tertiary/aromatic N) is 1. The van der Waals surface area contributed by atoms with E-state index in [0.717, 1.165) is 0 Å². The Labute approximate surface area is 47.7 Å². The zero-order valence-corrected chi connectivity index (χ0v) is 4.68. The summed E-state index contributed by atoms with van der Waals surface area (Å²) in [5.41, 5.74) is 0. The molecule has 0 bridgehead atoms. The molecule has 0 aromatic heterocycles. The zero-order chi connectivity index (χ0) is 6.20. The van der Waals surface area contributed by atoms with Crippen molar-refractivity contribution in [2.75, 3.05) is 6.54 Å². The summed E-state index contributed by atoms with van der Waals surface area (Å²) in [6.45, 7) is -0.137. The fourth-order valence-electron chi connectivity index (χ4n) is 0.366. The standard InChI is InChI=1S/C2H5N2O3S/c5-2-1-3-8(6,7)4-2/h6-7H,1H2,(H,4,5). The Morgan fingerprint density at radius 3 is 2.50 bits per heavy atom. The van der Waals surface area contributed by atoms with Crippen molar-refractivity contribution in [3.8, 4) is 0 Å². The number of rotatable bonds is 0. The van der Waals surface area contributed by atoms with Crippen LogP contribution in [0.25, 0.3) is 0 Å². The van der Waals surface area contributed by atoms with Crippen molar-refractivity contribution < 1.29 is 13.9 Å². The molecular formula is C2H5N2O3S. The van der Waals surface area contributed by atoms with E-state index in [2.05, 4.69) is 4.72 Å². The van der Waals surface area contributed by atoms with E-state index < -0.39 is 16.9 Å². The summed E-state index contributed by atoms with van der Waals surface area (Å²) in [5.74, 6) is -0.440. The van der Waals surface area contributed by atoms with Crippen LogP contribution in [0.4, 0.5) is 0 Å². The Balaban J connectivity index is 2.56. The normalized spacial score (nSPS) is 29.5. The minimum Gasteiger partial charge on any atom is -0.272 e. The zero-order valence-electron chi connectivity index (χ0n) is 3.87. The van der Waals surface area contributed by atoms with Gasteiger partial charge < -0.3 is 0 Å². The topological polar surface area (TPSA) is 83.7 Å². The molecule has 1 fully saturated rings. The number of carbonyl (C=O) groups is 1. The van der Waals surface area contributed by atoms with Crippen molar-refractivity contribution in [3.63, 3.8) is 0 Å². The van der Waals surface area contributed by atoms with E-state index in [-0.39, 0.29) is 6.54 Å². The highest BCUT2D eigenvalue weighted by molar-refractivity contribution is 8.21. The predicted octanol–water partition coefficient (Wildman–Crippen LogP) is -0.699. The Bertz CT molecular complexity index is 124. The first-order valence-corrected chi connectivity index (χ1v) is 3.38. The van der Waals surface area contributed by atoms with Gasteiger partial charge in [0.2, 0.25) is 0 Å². The maximum atomic E-state index is 10.2. The van der Waals surface area contributed by atoms with Crippen molar-refractivity contribution in [1.29, 1.82) is 0 Å².